The first-order valence-corrected chi connectivity index (χ1v) is 10.4. The van der Waals surface area contributed by atoms with Gasteiger partial charge >= 0.3 is 5.97 Å². The van der Waals surface area contributed by atoms with E-state index < -0.39 is 11.5 Å². The monoisotopic (exact) mass is 416 g/mol. The summed E-state index contributed by atoms with van der Waals surface area (Å²) in [6.07, 6.45) is 3.88. The molecule has 2 aromatic carbocycles. The number of carbonyl (C=O) groups is 1. The normalized spacial score (nSPS) is 12.7. The van der Waals surface area contributed by atoms with Crippen molar-refractivity contribution in [1.82, 2.24) is 0 Å². The zero-order chi connectivity index (χ0) is 21.1. The van der Waals surface area contributed by atoms with E-state index in [2.05, 4.69) is 20.4 Å². The minimum Gasteiger partial charge on any atom is -0.502 e. The summed E-state index contributed by atoms with van der Waals surface area (Å²) < 4.78 is 16.1. The summed E-state index contributed by atoms with van der Waals surface area (Å²) >= 11 is 6.14. The Hall–Kier alpha value is -2.46. The van der Waals surface area contributed by atoms with E-state index in [9.17, 15) is 4.79 Å². The number of esters is 1. The van der Waals surface area contributed by atoms with Gasteiger partial charge in [-0.25, -0.2) is 4.79 Å². The maximum Gasteiger partial charge on any atom is 0.339 e. The van der Waals surface area contributed by atoms with Crippen LogP contribution in [0.25, 0.3) is 11.1 Å². The molecule has 0 radical (unpaired) electrons. The Bertz CT molecular complexity index is 755. The molecule has 2 rings (SSSR count). The molecule has 0 amide bonds. The number of ether oxygens (including phenoxy) is 3. The minimum absolute atomic E-state index is 0.399. The van der Waals surface area contributed by atoms with Crippen molar-refractivity contribution in [1.29, 1.82) is 0 Å². The molecule has 5 heteroatoms. The SMILES string of the molecule is C=COCCCOc1ccc(-c2ccc(C(=O)OC(Cl)CC(C)CC)cc2)cc1. The standard InChI is InChI=1S/C24H29ClO4/c1-4-18(3)17-23(25)29-24(26)21-9-7-19(8-10-21)20-11-13-22(14-12-20)28-16-6-15-27-5-2/h5,7-14,18,23H,2,4,6,15-17H2,1,3H3. The molecule has 0 heterocycles. The van der Waals surface area contributed by atoms with Crippen molar-refractivity contribution in [2.45, 2.75) is 38.7 Å². The molecule has 0 aliphatic rings. The fourth-order valence-electron chi connectivity index (χ4n) is 2.67. The van der Waals surface area contributed by atoms with Crippen molar-refractivity contribution in [3.05, 3.63) is 66.9 Å². The lowest BCUT2D eigenvalue weighted by Gasteiger charge is -2.15. The van der Waals surface area contributed by atoms with Gasteiger partial charge in [-0.3, -0.25) is 0 Å². The topological polar surface area (TPSA) is 44.8 Å². The predicted molar refractivity (Wildman–Crippen MR) is 117 cm³/mol. The lowest BCUT2D eigenvalue weighted by Crippen LogP contribution is -2.15. The third-order valence-electron chi connectivity index (χ3n) is 4.62. The van der Waals surface area contributed by atoms with Crippen LogP contribution < -0.4 is 4.74 Å². The van der Waals surface area contributed by atoms with Crippen molar-refractivity contribution in [2.75, 3.05) is 13.2 Å². The molecule has 0 bridgehead atoms. The highest BCUT2D eigenvalue weighted by Gasteiger charge is 2.16. The largest absolute Gasteiger partial charge is 0.502 e. The van der Waals surface area contributed by atoms with Crippen LogP contribution in [0.15, 0.2) is 61.4 Å². The Labute approximate surface area is 178 Å². The van der Waals surface area contributed by atoms with Crippen molar-refractivity contribution in [3.8, 4) is 16.9 Å². The van der Waals surface area contributed by atoms with Crippen LogP contribution in [-0.2, 0) is 9.47 Å². The molecule has 29 heavy (non-hydrogen) atoms. The van der Waals surface area contributed by atoms with Gasteiger partial charge in [0.1, 0.15) is 5.75 Å². The number of alkyl halides is 1. The quantitative estimate of drug-likeness (QED) is 0.173. The first-order valence-electron chi connectivity index (χ1n) is 9.94. The molecule has 0 saturated heterocycles. The van der Waals surface area contributed by atoms with E-state index in [4.69, 9.17) is 25.8 Å². The van der Waals surface area contributed by atoms with E-state index in [-0.39, 0.29) is 0 Å². The number of carbonyl (C=O) groups excluding carboxylic acids is 1. The second-order valence-corrected chi connectivity index (χ2v) is 7.39. The highest BCUT2D eigenvalue weighted by Crippen LogP contribution is 2.24. The van der Waals surface area contributed by atoms with Crippen LogP contribution in [0.5, 0.6) is 5.75 Å². The fourth-order valence-corrected chi connectivity index (χ4v) is 3.06. The summed E-state index contributed by atoms with van der Waals surface area (Å²) in [6, 6.07) is 15.2. The summed E-state index contributed by atoms with van der Waals surface area (Å²) in [5, 5.41) is 0. The van der Waals surface area contributed by atoms with Gasteiger partial charge < -0.3 is 14.2 Å². The lowest BCUT2D eigenvalue weighted by atomic mass is 10.0. The molecule has 0 aliphatic carbocycles. The molecule has 0 aliphatic heterocycles. The molecule has 0 N–H and O–H groups in total. The van der Waals surface area contributed by atoms with Gasteiger partial charge in [0, 0.05) is 12.8 Å². The molecule has 2 atom stereocenters. The van der Waals surface area contributed by atoms with Crippen molar-refractivity contribution >= 4 is 17.6 Å². The molecule has 2 unspecified atom stereocenters. The molecule has 0 aromatic heterocycles. The Morgan fingerprint density at radius 3 is 2.28 bits per heavy atom. The average Bonchev–Trinajstić information content (AvgIpc) is 2.74. The number of hydrogen-bond acceptors (Lipinski definition) is 4. The van der Waals surface area contributed by atoms with E-state index >= 15 is 0 Å². The van der Waals surface area contributed by atoms with Gasteiger partial charge in [-0.2, -0.15) is 0 Å². The fraction of sp³-hybridized carbons (Fsp3) is 0.375. The first-order chi connectivity index (χ1) is 14.0. The molecular weight excluding hydrogens is 388 g/mol. The molecule has 0 spiro atoms. The van der Waals surface area contributed by atoms with Crippen LogP contribution in [0, 0.1) is 5.92 Å². The van der Waals surface area contributed by atoms with Crippen LogP contribution in [0.1, 0.15) is 43.5 Å². The Morgan fingerprint density at radius 2 is 1.69 bits per heavy atom. The maximum atomic E-state index is 12.2. The van der Waals surface area contributed by atoms with Crippen molar-refractivity contribution in [2.24, 2.45) is 5.92 Å². The van der Waals surface area contributed by atoms with Gasteiger partial charge in [0.05, 0.1) is 25.0 Å². The van der Waals surface area contributed by atoms with E-state index in [1.807, 2.05) is 36.4 Å². The Morgan fingerprint density at radius 1 is 1.07 bits per heavy atom. The van der Waals surface area contributed by atoms with Crippen molar-refractivity contribution < 1.29 is 19.0 Å². The van der Waals surface area contributed by atoms with E-state index in [1.54, 1.807) is 12.1 Å². The highest BCUT2D eigenvalue weighted by atomic mass is 35.5. The lowest BCUT2D eigenvalue weighted by molar-refractivity contribution is 0.0415. The summed E-state index contributed by atoms with van der Waals surface area (Å²) in [4.78, 5) is 12.2. The Kier molecular flexibility index (Phi) is 9.58. The van der Waals surface area contributed by atoms with Crippen LogP contribution in [0.2, 0.25) is 0 Å². The second-order valence-electron chi connectivity index (χ2n) is 6.91. The molecule has 156 valence electrons. The van der Waals surface area contributed by atoms with Crippen LogP contribution in [0.3, 0.4) is 0 Å². The number of rotatable bonds is 12. The van der Waals surface area contributed by atoms with Crippen LogP contribution in [-0.4, -0.2) is 24.7 Å². The van der Waals surface area contributed by atoms with Gasteiger partial charge in [-0.05, 0) is 41.3 Å². The zero-order valence-electron chi connectivity index (χ0n) is 17.1. The summed E-state index contributed by atoms with van der Waals surface area (Å²) in [5.74, 6) is 0.825. The smallest absolute Gasteiger partial charge is 0.339 e. The summed E-state index contributed by atoms with van der Waals surface area (Å²) in [7, 11) is 0. The maximum absolute atomic E-state index is 12.2. The van der Waals surface area contributed by atoms with Gasteiger partial charge in [0.15, 0.2) is 5.56 Å². The third-order valence-corrected chi connectivity index (χ3v) is 4.89. The van der Waals surface area contributed by atoms with Gasteiger partial charge in [-0.15, -0.1) is 0 Å². The summed E-state index contributed by atoms with van der Waals surface area (Å²) in [5.41, 5.74) is 1.94. The van der Waals surface area contributed by atoms with Crippen LogP contribution in [0.4, 0.5) is 0 Å². The van der Waals surface area contributed by atoms with E-state index in [1.165, 1.54) is 6.26 Å². The minimum atomic E-state index is -0.604. The van der Waals surface area contributed by atoms with Crippen LogP contribution >= 0.6 is 11.6 Å². The van der Waals surface area contributed by atoms with Gasteiger partial charge in [0.25, 0.3) is 0 Å². The average molecular weight is 417 g/mol. The van der Waals surface area contributed by atoms with Gasteiger partial charge in [-0.1, -0.05) is 62.7 Å². The molecule has 0 saturated carbocycles. The molecule has 2 aromatic rings. The number of halogens is 1. The highest BCUT2D eigenvalue weighted by molar-refractivity contribution is 6.20. The number of benzene rings is 2. The Balaban J connectivity index is 1.89. The molecule has 0 fully saturated rings. The number of hydrogen-bond donors (Lipinski definition) is 0. The van der Waals surface area contributed by atoms with Crippen molar-refractivity contribution in [3.63, 3.8) is 0 Å². The molecule has 4 nitrogen and oxygen atoms in total. The van der Waals surface area contributed by atoms with E-state index in [0.29, 0.717) is 31.1 Å². The van der Waals surface area contributed by atoms with E-state index in [0.717, 1.165) is 29.7 Å². The second kappa shape index (κ2) is 12.2. The zero-order valence-corrected chi connectivity index (χ0v) is 17.9. The first kappa shape index (κ1) is 22.8. The summed E-state index contributed by atoms with van der Waals surface area (Å²) in [6.45, 7) is 8.86. The molecular formula is C24H29ClO4. The van der Waals surface area contributed by atoms with Gasteiger partial charge in [0.2, 0.25) is 0 Å². The predicted octanol–water partition coefficient (Wildman–Crippen LogP) is 6.44. The third kappa shape index (κ3) is 7.82.